The third-order valence-electron chi connectivity index (χ3n) is 5.04. The number of fused-ring (bicyclic) bond motifs is 1. The van der Waals surface area contributed by atoms with E-state index >= 15 is 0 Å². The van der Waals surface area contributed by atoms with Gasteiger partial charge in [0.15, 0.2) is 11.5 Å². The lowest BCUT2D eigenvalue weighted by molar-refractivity contribution is 0.171. The van der Waals surface area contributed by atoms with Crippen molar-refractivity contribution in [3.63, 3.8) is 0 Å². The molecule has 9 nitrogen and oxygen atoms in total. The fourth-order valence-corrected chi connectivity index (χ4v) is 6.47. The summed E-state index contributed by atoms with van der Waals surface area (Å²) in [5.41, 5.74) is 0. The Hall–Kier alpha value is -2.34. The molecule has 4 rings (SSSR count). The van der Waals surface area contributed by atoms with Gasteiger partial charge in [0.1, 0.15) is 23.9 Å². The quantitative estimate of drug-likeness (QED) is 0.668. The molecule has 1 fully saturated rings. The molecule has 2 aliphatic heterocycles. The maximum atomic E-state index is 13.0. The molecule has 0 saturated carbocycles. The van der Waals surface area contributed by atoms with Gasteiger partial charge in [0.25, 0.3) is 0 Å². The molecule has 0 spiro atoms. The molecule has 0 unspecified atom stereocenters. The van der Waals surface area contributed by atoms with Crippen molar-refractivity contribution in [3.8, 4) is 17.2 Å². The summed E-state index contributed by atoms with van der Waals surface area (Å²) in [6.45, 7) is 0.961. The van der Waals surface area contributed by atoms with E-state index in [1.54, 1.807) is 24.3 Å². The number of hydrogen-bond donors (Lipinski definition) is 0. The number of rotatable bonds is 5. The van der Waals surface area contributed by atoms with Crippen LogP contribution in [0.1, 0.15) is 0 Å². The van der Waals surface area contributed by atoms with E-state index in [9.17, 15) is 16.8 Å². The molecule has 162 valence electrons. The third-order valence-corrected chi connectivity index (χ3v) is 8.87. The molecular weight excluding hydrogens is 432 g/mol. The Labute approximate surface area is 175 Å². The van der Waals surface area contributed by atoms with E-state index in [1.165, 1.54) is 33.9 Å². The second-order valence-corrected chi connectivity index (χ2v) is 10.6. The highest BCUT2D eigenvalue weighted by Crippen LogP contribution is 2.34. The summed E-state index contributed by atoms with van der Waals surface area (Å²) in [6, 6.07) is 10.9. The van der Waals surface area contributed by atoms with Gasteiger partial charge in [0, 0.05) is 32.2 Å². The van der Waals surface area contributed by atoms with Crippen LogP contribution in [0.2, 0.25) is 0 Å². The van der Waals surface area contributed by atoms with Crippen molar-refractivity contribution in [2.24, 2.45) is 0 Å². The van der Waals surface area contributed by atoms with Gasteiger partial charge in [-0.1, -0.05) is 12.1 Å². The van der Waals surface area contributed by atoms with Gasteiger partial charge in [-0.3, -0.25) is 0 Å². The molecule has 2 aromatic rings. The lowest BCUT2D eigenvalue weighted by Crippen LogP contribution is -2.50. The first-order valence-corrected chi connectivity index (χ1v) is 12.2. The van der Waals surface area contributed by atoms with Crippen LogP contribution in [0.5, 0.6) is 17.2 Å². The second kappa shape index (κ2) is 8.06. The minimum absolute atomic E-state index is 0.0458. The average Bonchev–Trinajstić information content (AvgIpc) is 2.78. The summed E-state index contributed by atoms with van der Waals surface area (Å²) in [4.78, 5) is 0.156. The van der Waals surface area contributed by atoms with E-state index in [0.717, 1.165) is 0 Å². The number of ether oxygens (including phenoxy) is 3. The van der Waals surface area contributed by atoms with Crippen LogP contribution in [-0.2, 0) is 20.0 Å². The van der Waals surface area contributed by atoms with Crippen LogP contribution in [-0.4, -0.2) is 71.9 Å². The molecule has 0 aromatic heterocycles. The van der Waals surface area contributed by atoms with Gasteiger partial charge in [0.2, 0.25) is 20.0 Å². The Morgan fingerprint density at radius 1 is 0.800 bits per heavy atom. The zero-order chi connectivity index (χ0) is 21.4. The number of benzene rings is 2. The molecule has 0 bridgehead atoms. The van der Waals surface area contributed by atoms with Gasteiger partial charge in [-0.05, 0) is 24.3 Å². The first-order valence-electron chi connectivity index (χ1n) is 9.37. The lowest BCUT2D eigenvalue weighted by Gasteiger charge is -2.33. The summed E-state index contributed by atoms with van der Waals surface area (Å²) >= 11 is 0. The average molecular weight is 455 g/mol. The number of sulfonamides is 2. The van der Waals surface area contributed by atoms with Crippen molar-refractivity contribution >= 4 is 20.0 Å². The molecule has 2 aromatic carbocycles. The van der Waals surface area contributed by atoms with Gasteiger partial charge in [-0.2, -0.15) is 8.61 Å². The minimum atomic E-state index is -3.80. The number of para-hydroxylation sites is 1. The third kappa shape index (κ3) is 3.73. The van der Waals surface area contributed by atoms with Gasteiger partial charge in [0.05, 0.1) is 12.0 Å². The summed E-state index contributed by atoms with van der Waals surface area (Å²) in [5, 5.41) is 0. The summed E-state index contributed by atoms with van der Waals surface area (Å²) in [7, 11) is -6.18. The molecule has 2 heterocycles. The first kappa shape index (κ1) is 20.9. The van der Waals surface area contributed by atoms with Crippen LogP contribution in [0, 0.1) is 0 Å². The normalized spacial score (nSPS) is 18.2. The van der Waals surface area contributed by atoms with E-state index < -0.39 is 20.0 Å². The van der Waals surface area contributed by atoms with E-state index in [0.29, 0.717) is 24.7 Å². The molecule has 0 amide bonds. The molecule has 1 saturated heterocycles. The Morgan fingerprint density at radius 3 is 2.07 bits per heavy atom. The SMILES string of the molecule is COc1ccccc1S(=O)(=O)N1CCN(S(=O)(=O)c2ccc3c(c2)OCCO3)CC1. The summed E-state index contributed by atoms with van der Waals surface area (Å²) in [5.74, 6) is 1.15. The zero-order valence-corrected chi connectivity index (χ0v) is 18.0. The molecule has 2 aliphatic rings. The Bertz CT molecular complexity index is 1140. The van der Waals surface area contributed by atoms with Crippen LogP contribution in [0.4, 0.5) is 0 Å². The smallest absolute Gasteiger partial charge is 0.246 e. The number of piperazine rings is 1. The molecule has 30 heavy (non-hydrogen) atoms. The van der Waals surface area contributed by atoms with Gasteiger partial charge >= 0.3 is 0 Å². The largest absolute Gasteiger partial charge is 0.495 e. The number of nitrogens with zero attached hydrogens (tertiary/aromatic N) is 2. The van der Waals surface area contributed by atoms with Crippen molar-refractivity contribution in [1.29, 1.82) is 0 Å². The molecule has 11 heteroatoms. The topological polar surface area (TPSA) is 102 Å². The predicted octanol–water partition coefficient (Wildman–Crippen LogP) is 1.16. The van der Waals surface area contributed by atoms with Crippen molar-refractivity contribution < 1.29 is 31.0 Å². The van der Waals surface area contributed by atoms with Crippen LogP contribution in [0.3, 0.4) is 0 Å². The Kier molecular flexibility index (Phi) is 5.62. The predicted molar refractivity (Wildman–Crippen MR) is 108 cm³/mol. The highest BCUT2D eigenvalue weighted by Gasteiger charge is 2.35. The van der Waals surface area contributed by atoms with Crippen molar-refractivity contribution in [3.05, 3.63) is 42.5 Å². The second-order valence-electron chi connectivity index (χ2n) is 6.76. The molecule has 0 radical (unpaired) electrons. The monoisotopic (exact) mass is 454 g/mol. The number of hydrogen-bond acceptors (Lipinski definition) is 7. The van der Waals surface area contributed by atoms with E-state index in [-0.39, 0.29) is 41.7 Å². The highest BCUT2D eigenvalue weighted by atomic mass is 32.2. The van der Waals surface area contributed by atoms with Crippen molar-refractivity contribution in [2.45, 2.75) is 9.79 Å². The lowest BCUT2D eigenvalue weighted by atomic mass is 10.3. The van der Waals surface area contributed by atoms with Crippen LogP contribution in [0.15, 0.2) is 52.3 Å². The van der Waals surface area contributed by atoms with Gasteiger partial charge < -0.3 is 14.2 Å². The Morgan fingerprint density at radius 2 is 1.40 bits per heavy atom. The first-order chi connectivity index (χ1) is 14.3. The highest BCUT2D eigenvalue weighted by molar-refractivity contribution is 7.89. The standard InChI is InChI=1S/C19H22N2O7S2/c1-26-17-4-2-3-5-19(17)30(24,25)21-10-8-20(9-11-21)29(22,23)15-6-7-16-18(14-15)28-13-12-27-16/h2-7,14H,8-13H2,1H3. The van der Waals surface area contributed by atoms with Crippen molar-refractivity contribution in [2.75, 3.05) is 46.5 Å². The molecule has 0 atom stereocenters. The van der Waals surface area contributed by atoms with E-state index in [2.05, 4.69) is 0 Å². The van der Waals surface area contributed by atoms with Crippen molar-refractivity contribution in [1.82, 2.24) is 8.61 Å². The van der Waals surface area contributed by atoms with Gasteiger partial charge in [-0.25, -0.2) is 16.8 Å². The summed E-state index contributed by atoms with van der Waals surface area (Å²) in [6.07, 6.45) is 0. The zero-order valence-electron chi connectivity index (χ0n) is 16.4. The number of methoxy groups -OCH3 is 1. The maximum Gasteiger partial charge on any atom is 0.246 e. The maximum absolute atomic E-state index is 13.0. The molecule has 0 aliphatic carbocycles. The van der Waals surface area contributed by atoms with Crippen LogP contribution >= 0.6 is 0 Å². The molecular formula is C19H22N2O7S2. The fourth-order valence-electron chi connectivity index (χ4n) is 3.45. The van der Waals surface area contributed by atoms with E-state index in [1.807, 2.05) is 0 Å². The Balaban J connectivity index is 1.51. The minimum Gasteiger partial charge on any atom is -0.495 e. The summed E-state index contributed by atoms with van der Waals surface area (Å²) < 4.78 is 70.7. The molecule has 0 N–H and O–H groups in total. The van der Waals surface area contributed by atoms with E-state index in [4.69, 9.17) is 14.2 Å². The van der Waals surface area contributed by atoms with Gasteiger partial charge in [-0.15, -0.1) is 0 Å². The fraction of sp³-hybridized carbons (Fsp3) is 0.368. The van der Waals surface area contributed by atoms with Crippen LogP contribution in [0.25, 0.3) is 0 Å². The van der Waals surface area contributed by atoms with Crippen LogP contribution < -0.4 is 14.2 Å².